The highest BCUT2D eigenvalue weighted by Gasteiger charge is 2.35. The zero-order chi connectivity index (χ0) is 23.4. The molecule has 164 valence electrons. The monoisotopic (exact) mass is 423 g/mol. The maximum absolute atomic E-state index is 13.2. The lowest BCUT2D eigenvalue weighted by molar-refractivity contribution is -0.153. The molecule has 0 bridgehead atoms. The van der Waals surface area contributed by atoms with Crippen molar-refractivity contribution in [1.29, 1.82) is 0 Å². The molecular weight excluding hydrogens is 386 g/mol. The molecule has 0 unspecified atom stereocenters. The summed E-state index contributed by atoms with van der Waals surface area (Å²) in [6.45, 7) is 23.7. The van der Waals surface area contributed by atoms with Crippen molar-refractivity contribution >= 4 is 25.9 Å². The molecule has 0 aromatic heterocycles. The van der Waals surface area contributed by atoms with E-state index < -0.39 is 31.2 Å². The smallest absolute Gasteiger partial charge is 0.339 e. The van der Waals surface area contributed by atoms with Gasteiger partial charge in [-0.3, -0.25) is 4.79 Å². The molecule has 0 saturated carbocycles. The second-order valence-corrected chi connectivity index (χ2v) is 15.1. The van der Waals surface area contributed by atoms with Gasteiger partial charge in [-0.2, -0.15) is 0 Å². The molecule has 0 aromatic rings. The lowest BCUT2D eigenvalue weighted by Crippen LogP contribution is -2.34. The first kappa shape index (κ1) is 26.8. The summed E-state index contributed by atoms with van der Waals surface area (Å²) < 4.78 is 11.2. The van der Waals surface area contributed by atoms with Crippen LogP contribution in [0.2, 0.25) is 19.6 Å². The predicted molar refractivity (Wildman–Crippen MR) is 119 cm³/mol. The Balaban J connectivity index is 6.91. The molecule has 0 spiro atoms. The topological polar surface area (TPSA) is 81.7 Å². The summed E-state index contributed by atoms with van der Waals surface area (Å²) in [4.78, 5) is 37.6. The molecule has 0 radical (unpaired) electrons. The van der Waals surface area contributed by atoms with E-state index in [4.69, 9.17) is 9.47 Å². The molecule has 1 amide bonds. The molecule has 0 aliphatic carbocycles. The van der Waals surface area contributed by atoms with E-state index in [9.17, 15) is 14.4 Å². The van der Waals surface area contributed by atoms with E-state index in [0.717, 1.165) is 0 Å². The number of ether oxygens (including phenoxy) is 2. The van der Waals surface area contributed by atoms with Gasteiger partial charge in [-0.15, -0.1) is 0 Å². The maximum atomic E-state index is 13.2. The number of rotatable bonds is 6. The largest absolute Gasteiger partial charge is 0.456 e. The number of esters is 2. The number of amides is 1. The van der Waals surface area contributed by atoms with Crippen molar-refractivity contribution < 1.29 is 23.9 Å². The van der Waals surface area contributed by atoms with Crippen LogP contribution in [0.1, 0.15) is 55.4 Å². The van der Waals surface area contributed by atoms with Crippen LogP contribution in [0, 0.1) is 0 Å². The summed E-state index contributed by atoms with van der Waals surface area (Å²) in [7, 11) is -2.10. The van der Waals surface area contributed by atoms with Gasteiger partial charge in [-0.25, -0.2) is 9.59 Å². The zero-order valence-corrected chi connectivity index (χ0v) is 20.8. The minimum Gasteiger partial charge on any atom is -0.456 e. The van der Waals surface area contributed by atoms with Crippen LogP contribution in [-0.4, -0.2) is 37.1 Å². The summed E-state index contributed by atoms with van der Waals surface area (Å²) in [5.41, 5.74) is -0.982. The summed E-state index contributed by atoms with van der Waals surface area (Å²) in [6.07, 6.45) is 1.39. The third-order valence-corrected chi connectivity index (χ3v) is 5.61. The Morgan fingerprint density at radius 1 is 0.828 bits per heavy atom. The fraction of sp³-hybridized carbons (Fsp3) is 0.591. The van der Waals surface area contributed by atoms with Crippen LogP contribution in [0.15, 0.2) is 34.7 Å². The van der Waals surface area contributed by atoms with Gasteiger partial charge in [0.15, 0.2) is 0 Å². The van der Waals surface area contributed by atoms with Gasteiger partial charge in [0.1, 0.15) is 11.2 Å². The highest BCUT2D eigenvalue weighted by Crippen LogP contribution is 2.31. The van der Waals surface area contributed by atoms with E-state index in [1.807, 2.05) is 19.6 Å². The lowest BCUT2D eigenvalue weighted by atomic mass is 10.00. The molecule has 0 aliphatic heterocycles. The lowest BCUT2D eigenvalue weighted by Gasteiger charge is -2.28. The minimum atomic E-state index is -2.10. The van der Waals surface area contributed by atoms with Gasteiger partial charge < -0.3 is 14.8 Å². The number of hydrogen-bond donors (Lipinski definition) is 1. The number of carbonyl (C=O) groups is 3. The third kappa shape index (κ3) is 9.74. The molecule has 0 rings (SSSR count). The van der Waals surface area contributed by atoms with Crippen LogP contribution in [0.3, 0.4) is 0 Å². The summed E-state index contributed by atoms with van der Waals surface area (Å²) in [5, 5.41) is 3.12. The molecule has 6 nitrogen and oxygen atoms in total. The van der Waals surface area contributed by atoms with Gasteiger partial charge in [-0.1, -0.05) is 31.4 Å². The van der Waals surface area contributed by atoms with Crippen LogP contribution in [0.4, 0.5) is 0 Å². The number of carbonyl (C=O) groups excluding carboxylic acids is 3. The third-order valence-electron chi connectivity index (χ3n) is 3.55. The van der Waals surface area contributed by atoms with Gasteiger partial charge in [0, 0.05) is 13.1 Å². The Labute approximate surface area is 176 Å². The van der Waals surface area contributed by atoms with E-state index in [2.05, 4.69) is 11.9 Å². The highest BCUT2D eigenvalue weighted by molar-refractivity contribution is 6.84. The van der Waals surface area contributed by atoms with Crippen molar-refractivity contribution in [1.82, 2.24) is 5.32 Å². The first-order chi connectivity index (χ1) is 12.8. The van der Waals surface area contributed by atoms with Crippen molar-refractivity contribution in [2.75, 3.05) is 0 Å². The molecule has 0 atom stereocenters. The van der Waals surface area contributed by atoms with Gasteiger partial charge in [0.2, 0.25) is 5.91 Å². The Morgan fingerprint density at radius 3 is 1.52 bits per heavy atom. The van der Waals surface area contributed by atoms with Crippen molar-refractivity contribution in [3.05, 3.63) is 34.7 Å². The second kappa shape index (κ2) is 9.56. The molecular formula is C22H37NO5Si. The van der Waals surface area contributed by atoms with Crippen molar-refractivity contribution in [3.63, 3.8) is 0 Å². The Kier molecular flexibility index (Phi) is 8.85. The van der Waals surface area contributed by atoms with E-state index in [0.29, 0.717) is 10.8 Å². The predicted octanol–water partition coefficient (Wildman–Crippen LogP) is 4.44. The molecule has 1 N–H and O–H groups in total. The average molecular weight is 424 g/mol. The SMILES string of the molecule is C=C(/C(C(=O)OC(C)(C)C)=C(C(=O)OC(C)(C)C)\C(C)=C\NC(C)=O)[Si](C)(C)C. The number of hydrogen-bond acceptors (Lipinski definition) is 5. The Morgan fingerprint density at radius 2 is 1.21 bits per heavy atom. The van der Waals surface area contributed by atoms with Crippen LogP contribution in [-0.2, 0) is 23.9 Å². The Bertz CT molecular complexity index is 741. The van der Waals surface area contributed by atoms with Crippen LogP contribution >= 0.6 is 0 Å². The first-order valence-corrected chi connectivity index (χ1v) is 13.1. The van der Waals surface area contributed by atoms with E-state index in [1.54, 1.807) is 48.5 Å². The van der Waals surface area contributed by atoms with Crippen molar-refractivity contribution in [2.24, 2.45) is 0 Å². The number of nitrogens with one attached hydrogen (secondary N) is 1. The standard InChI is InChI=1S/C22H37NO5Si/c1-14(13-23-16(3)24)17(19(25)27-21(4,5)6)18(15(2)29(10,11)12)20(26)28-22(7,8)9/h13H,2H2,1,3-12H3,(H,23,24)/b14-13+,18-17-. The first-order valence-electron chi connectivity index (χ1n) is 9.61. The van der Waals surface area contributed by atoms with Crippen molar-refractivity contribution in [3.8, 4) is 0 Å². The molecule has 0 heterocycles. The highest BCUT2D eigenvalue weighted by atomic mass is 28.3. The van der Waals surface area contributed by atoms with E-state index in [-0.39, 0.29) is 17.1 Å². The zero-order valence-electron chi connectivity index (χ0n) is 19.8. The molecule has 7 heteroatoms. The normalized spacial score (nSPS) is 14.0. The maximum Gasteiger partial charge on any atom is 0.339 e. The van der Waals surface area contributed by atoms with Crippen LogP contribution < -0.4 is 5.32 Å². The van der Waals surface area contributed by atoms with Crippen molar-refractivity contribution in [2.45, 2.75) is 86.2 Å². The Hall–Kier alpha value is -2.15. The molecule has 0 aliphatic rings. The summed E-state index contributed by atoms with van der Waals surface area (Å²) in [5.74, 6) is -1.60. The fourth-order valence-corrected chi connectivity index (χ4v) is 3.13. The summed E-state index contributed by atoms with van der Waals surface area (Å²) in [6, 6.07) is 0. The van der Waals surface area contributed by atoms with Crippen LogP contribution in [0.25, 0.3) is 0 Å². The van der Waals surface area contributed by atoms with Gasteiger partial charge in [0.25, 0.3) is 0 Å². The fourth-order valence-electron chi connectivity index (χ4n) is 2.15. The molecule has 0 saturated heterocycles. The summed E-state index contributed by atoms with van der Waals surface area (Å²) >= 11 is 0. The quantitative estimate of drug-likeness (QED) is 0.296. The average Bonchev–Trinajstić information content (AvgIpc) is 2.44. The molecule has 0 fully saturated rings. The van der Waals surface area contributed by atoms with Crippen LogP contribution in [0.5, 0.6) is 0 Å². The minimum absolute atomic E-state index is 0.0512. The van der Waals surface area contributed by atoms with E-state index in [1.165, 1.54) is 13.1 Å². The van der Waals surface area contributed by atoms with Gasteiger partial charge in [0.05, 0.1) is 19.2 Å². The van der Waals surface area contributed by atoms with Gasteiger partial charge in [-0.05, 0) is 54.0 Å². The van der Waals surface area contributed by atoms with Gasteiger partial charge >= 0.3 is 11.9 Å². The molecule has 0 aromatic carbocycles. The second-order valence-electron chi connectivity index (χ2n) is 10.0. The van der Waals surface area contributed by atoms with E-state index >= 15 is 0 Å². The molecule has 29 heavy (non-hydrogen) atoms.